The third-order valence-corrected chi connectivity index (χ3v) is 2.90. The van der Waals surface area contributed by atoms with Gasteiger partial charge in [-0.15, -0.1) is 0 Å². The first-order chi connectivity index (χ1) is 9.40. The Balaban J connectivity index is 3.02. The molecule has 0 aliphatic rings. The Morgan fingerprint density at radius 3 is 2.10 bits per heavy atom. The quantitative estimate of drug-likeness (QED) is 0.792. The van der Waals surface area contributed by atoms with Gasteiger partial charge in [-0.3, -0.25) is 0 Å². The molecule has 0 heterocycles. The zero-order chi connectivity index (χ0) is 15.1. The van der Waals surface area contributed by atoms with E-state index in [9.17, 15) is 4.79 Å². The Bertz CT molecular complexity index is 502. The molecule has 0 saturated carbocycles. The zero-order valence-corrected chi connectivity index (χ0v) is 12.7. The van der Waals surface area contributed by atoms with Crippen LogP contribution >= 0.6 is 0 Å². The fraction of sp³-hybridized carbons (Fsp3) is 0.353. The van der Waals surface area contributed by atoms with E-state index in [0.29, 0.717) is 5.56 Å². The first kappa shape index (κ1) is 16.0. The van der Waals surface area contributed by atoms with E-state index in [1.54, 1.807) is 18.2 Å². The Morgan fingerprint density at radius 2 is 1.65 bits per heavy atom. The molecule has 0 unspecified atom stereocenters. The molecule has 0 amide bonds. The number of carboxylic acid groups (broad SMARTS) is 1. The highest BCUT2D eigenvalue weighted by Crippen LogP contribution is 2.17. The number of aromatic carboxylic acids is 1. The number of carboxylic acids is 1. The van der Waals surface area contributed by atoms with E-state index in [1.807, 2.05) is 6.07 Å². The highest BCUT2D eigenvalue weighted by atomic mass is 16.4. The van der Waals surface area contributed by atoms with Crippen LogP contribution in [0.3, 0.4) is 0 Å². The number of benzene rings is 1. The fourth-order valence-corrected chi connectivity index (χ4v) is 1.71. The van der Waals surface area contributed by atoms with Gasteiger partial charge >= 0.3 is 5.97 Å². The molecule has 3 heteroatoms. The van der Waals surface area contributed by atoms with Crippen molar-refractivity contribution in [3.8, 4) is 0 Å². The molecule has 0 radical (unpaired) electrons. The molecule has 0 aliphatic carbocycles. The van der Waals surface area contributed by atoms with Crippen LogP contribution in [0.4, 0.5) is 5.69 Å². The SMILES string of the molecule is CC(C)=CCN(CC=C(C)C)c1cccc(C(=O)O)c1. The molecule has 0 fully saturated rings. The van der Waals surface area contributed by atoms with Crippen molar-refractivity contribution in [3.05, 3.63) is 53.1 Å². The van der Waals surface area contributed by atoms with Crippen LogP contribution in [0.1, 0.15) is 38.1 Å². The Hall–Kier alpha value is -2.03. The molecule has 1 aromatic rings. The van der Waals surface area contributed by atoms with Crippen LogP contribution in [0.15, 0.2) is 47.6 Å². The van der Waals surface area contributed by atoms with Crippen molar-refractivity contribution < 1.29 is 9.90 Å². The van der Waals surface area contributed by atoms with E-state index in [2.05, 4.69) is 44.7 Å². The molecule has 20 heavy (non-hydrogen) atoms. The first-order valence-corrected chi connectivity index (χ1v) is 6.75. The van der Waals surface area contributed by atoms with Gasteiger partial charge < -0.3 is 10.0 Å². The minimum absolute atomic E-state index is 0.321. The maximum Gasteiger partial charge on any atom is 0.335 e. The predicted molar refractivity (Wildman–Crippen MR) is 84.5 cm³/mol. The summed E-state index contributed by atoms with van der Waals surface area (Å²) in [7, 11) is 0. The first-order valence-electron chi connectivity index (χ1n) is 6.75. The molecule has 0 atom stereocenters. The molecule has 0 bridgehead atoms. The summed E-state index contributed by atoms with van der Waals surface area (Å²) < 4.78 is 0. The fourth-order valence-electron chi connectivity index (χ4n) is 1.71. The smallest absolute Gasteiger partial charge is 0.335 e. The molecule has 1 N–H and O–H groups in total. The van der Waals surface area contributed by atoms with Gasteiger partial charge in [0.2, 0.25) is 0 Å². The topological polar surface area (TPSA) is 40.5 Å². The Kier molecular flexibility index (Phi) is 6.04. The van der Waals surface area contributed by atoms with E-state index in [-0.39, 0.29) is 0 Å². The number of allylic oxidation sites excluding steroid dienone is 2. The molecule has 1 aromatic carbocycles. The summed E-state index contributed by atoms with van der Waals surface area (Å²) >= 11 is 0. The van der Waals surface area contributed by atoms with Crippen LogP contribution in [0.5, 0.6) is 0 Å². The van der Waals surface area contributed by atoms with Gasteiger partial charge in [-0.2, -0.15) is 0 Å². The minimum Gasteiger partial charge on any atom is -0.478 e. The van der Waals surface area contributed by atoms with Gasteiger partial charge in [-0.25, -0.2) is 4.79 Å². The van der Waals surface area contributed by atoms with E-state index < -0.39 is 5.97 Å². The normalized spacial score (nSPS) is 9.80. The van der Waals surface area contributed by atoms with Crippen LogP contribution in [0, 0.1) is 0 Å². The van der Waals surface area contributed by atoms with Gasteiger partial charge in [0.1, 0.15) is 0 Å². The molecule has 0 aliphatic heterocycles. The lowest BCUT2D eigenvalue weighted by Gasteiger charge is -2.22. The van der Waals surface area contributed by atoms with Gasteiger partial charge in [-0.05, 0) is 45.9 Å². The van der Waals surface area contributed by atoms with Crippen molar-refractivity contribution in [2.45, 2.75) is 27.7 Å². The van der Waals surface area contributed by atoms with Crippen molar-refractivity contribution in [2.24, 2.45) is 0 Å². The summed E-state index contributed by atoms with van der Waals surface area (Å²) in [6.45, 7) is 9.80. The largest absolute Gasteiger partial charge is 0.478 e. The second-order valence-corrected chi connectivity index (χ2v) is 5.32. The molecule has 0 spiro atoms. The lowest BCUT2D eigenvalue weighted by Crippen LogP contribution is -2.24. The van der Waals surface area contributed by atoms with Crippen LogP contribution in [-0.4, -0.2) is 24.2 Å². The van der Waals surface area contributed by atoms with E-state index in [4.69, 9.17) is 5.11 Å². The van der Waals surface area contributed by atoms with Crippen LogP contribution in [0.2, 0.25) is 0 Å². The van der Waals surface area contributed by atoms with Crippen molar-refractivity contribution in [1.29, 1.82) is 0 Å². The second kappa shape index (κ2) is 7.53. The highest BCUT2D eigenvalue weighted by molar-refractivity contribution is 5.88. The van der Waals surface area contributed by atoms with Crippen molar-refractivity contribution in [3.63, 3.8) is 0 Å². The molecule has 1 rings (SSSR count). The van der Waals surface area contributed by atoms with Crippen LogP contribution in [-0.2, 0) is 0 Å². The maximum atomic E-state index is 11.1. The summed E-state index contributed by atoms with van der Waals surface area (Å²) in [5.41, 5.74) is 3.75. The van der Waals surface area contributed by atoms with Crippen LogP contribution < -0.4 is 4.90 Å². The number of hydrogen-bond acceptors (Lipinski definition) is 2. The van der Waals surface area contributed by atoms with Gasteiger partial charge in [0.05, 0.1) is 5.56 Å². The average Bonchev–Trinajstić information content (AvgIpc) is 2.38. The molecule has 0 saturated heterocycles. The van der Waals surface area contributed by atoms with E-state index in [0.717, 1.165) is 18.8 Å². The van der Waals surface area contributed by atoms with Crippen molar-refractivity contribution in [1.82, 2.24) is 0 Å². The standard InChI is InChI=1S/C17H23NO2/c1-13(2)8-10-18(11-9-14(3)4)16-7-5-6-15(12-16)17(19)20/h5-9,12H,10-11H2,1-4H3,(H,19,20). The Morgan fingerprint density at radius 1 is 1.10 bits per heavy atom. The van der Waals surface area contributed by atoms with E-state index >= 15 is 0 Å². The van der Waals surface area contributed by atoms with Gasteiger partial charge in [0.15, 0.2) is 0 Å². The van der Waals surface area contributed by atoms with Gasteiger partial charge in [-0.1, -0.05) is 29.4 Å². The molecule has 0 aromatic heterocycles. The predicted octanol–water partition coefficient (Wildman–Crippen LogP) is 4.12. The van der Waals surface area contributed by atoms with Crippen molar-refractivity contribution in [2.75, 3.05) is 18.0 Å². The van der Waals surface area contributed by atoms with Gasteiger partial charge in [0.25, 0.3) is 0 Å². The highest BCUT2D eigenvalue weighted by Gasteiger charge is 2.08. The summed E-state index contributed by atoms with van der Waals surface area (Å²) in [6, 6.07) is 7.08. The van der Waals surface area contributed by atoms with Crippen LogP contribution in [0.25, 0.3) is 0 Å². The monoisotopic (exact) mass is 273 g/mol. The maximum absolute atomic E-state index is 11.1. The average molecular weight is 273 g/mol. The van der Waals surface area contributed by atoms with Gasteiger partial charge in [0, 0.05) is 18.8 Å². The number of nitrogens with zero attached hydrogens (tertiary/aromatic N) is 1. The molecule has 3 nitrogen and oxygen atoms in total. The van der Waals surface area contributed by atoms with Crippen molar-refractivity contribution >= 4 is 11.7 Å². The molecular formula is C17H23NO2. The third-order valence-electron chi connectivity index (χ3n) is 2.90. The summed E-state index contributed by atoms with van der Waals surface area (Å²) in [4.78, 5) is 13.2. The molecular weight excluding hydrogens is 250 g/mol. The summed E-state index contributed by atoms with van der Waals surface area (Å²) in [5, 5.41) is 9.08. The second-order valence-electron chi connectivity index (χ2n) is 5.32. The number of rotatable bonds is 6. The number of anilines is 1. The lowest BCUT2D eigenvalue weighted by molar-refractivity contribution is 0.0697. The number of carbonyl (C=O) groups is 1. The minimum atomic E-state index is -0.892. The molecule has 108 valence electrons. The lowest BCUT2D eigenvalue weighted by atomic mass is 10.1. The van der Waals surface area contributed by atoms with E-state index in [1.165, 1.54) is 11.1 Å². The summed E-state index contributed by atoms with van der Waals surface area (Å²) in [5.74, 6) is -0.892. The third kappa shape index (κ3) is 5.31. The summed E-state index contributed by atoms with van der Waals surface area (Å²) in [6.07, 6.45) is 4.29. The number of hydrogen-bond donors (Lipinski definition) is 1. The zero-order valence-electron chi connectivity index (χ0n) is 12.7. The Labute approximate surface area is 121 Å².